The standard InChI is InChI=1S/2C7H5N3O2/c2*11-7(12)4-1-2-5-6(3-4)9-10-8-5/h2*1-3H,(H,11,12)(H,8,9,10). The third-order valence-electron chi connectivity index (χ3n) is 3.13. The van der Waals surface area contributed by atoms with Crippen molar-refractivity contribution in [3.8, 4) is 0 Å². The predicted molar refractivity (Wildman–Crippen MR) is 81.7 cm³/mol. The normalized spacial score (nSPS) is 10.3. The maximum Gasteiger partial charge on any atom is 0.335 e. The van der Waals surface area contributed by atoms with E-state index in [2.05, 4.69) is 30.8 Å². The summed E-state index contributed by atoms with van der Waals surface area (Å²) < 4.78 is 0. The van der Waals surface area contributed by atoms with Crippen LogP contribution in [0.5, 0.6) is 0 Å². The van der Waals surface area contributed by atoms with Gasteiger partial charge in [0, 0.05) is 0 Å². The zero-order valence-corrected chi connectivity index (χ0v) is 12.0. The highest BCUT2D eigenvalue weighted by Gasteiger charge is 2.05. The SMILES string of the molecule is O=C(O)c1ccc2n[nH]nc2c1.O=C(O)c1ccc2n[nH]nc2c1. The Kier molecular flexibility index (Phi) is 3.85. The molecule has 0 fully saturated rings. The molecule has 120 valence electrons. The van der Waals surface area contributed by atoms with E-state index in [1.807, 2.05) is 0 Å². The topological polar surface area (TPSA) is 158 Å². The van der Waals surface area contributed by atoms with Crippen molar-refractivity contribution >= 4 is 34.0 Å². The van der Waals surface area contributed by atoms with E-state index in [0.29, 0.717) is 22.1 Å². The van der Waals surface area contributed by atoms with E-state index in [4.69, 9.17) is 10.2 Å². The van der Waals surface area contributed by atoms with Gasteiger partial charge in [0.2, 0.25) is 0 Å². The lowest BCUT2D eigenvalue weighted by atomic mass is 10.2. The third kappa shape index (κ3) is 3.02. The first-order valence-corrected chi connectivity index (χ1v) is 6.62. The highest BCUT2D eigenvalue weighted by molar-refractivity contribution is 5.92. The Hall–Kier alpha value is -3.82. The van der Waals surface area contributed by atoms with Crippen molar-refractivity contribution < 1.29 is 19.8 Å². The van der Waals surface area contributed by atoms with E-state index in [1.54, 1.807) is 12.1 Å². The Bertz CT molecular complexity index is 954. The predicted octanol–water partition coefficient (Wildman–Crippen LogP) is 1.31. The number of carboxylic acid groups (broad SMARTS) is 2. The van der Waals surface area contributed by atoms with Crippen LogP contribution in [0.1, 0.15) is 20.7 Å². The molecule has 0 saturated heterocycles. The van der Waals surface area contributed by atoms with Crippen LogP contribution in [-0.2, 0) is 0 Å². The Morgan fingerprint density at radius 1 is 0.667 bits per heavy atom. The Morgan fingerprint density at radius 2 is 1.04 bits per heavy atom. The van der Waals surface area contributed by atoms with Gasteiger partial charge in [0.05, 0.1) is 11.1 Å². The summed E-state index contributed by atoms with van der Waals surface area (Å²) >= 11 is 0. The van der Waals surface area contributed by atoms with E-state index in [1.165, 1.54) is 24.3 Å². The molecule has 10 nitrogen and oxygen atoms in total. The number of carbonyl (C=O) groups is 2. The quantitative estimate of drug-likeness (QED) is 0.429. The van der Waals surface area contributed by atoms with Crippen molar-refractivity contribution in [3.63, 3.8) is 0 Å². The summed E-state index contributed by atoms with van der Waals surface area (Å²) in [6.07, 6.45) is 0. The fraction of sp³-hybridized carbons (Fsp3) is 0. The van der Waals surface area contributed by atoms with Gasteiger partial charge in [-0.25, -0.2) is 9.59 Å². The first kappa shape index (κ1) is 15.1. The molecule has 4 N–H and O–H groups in total. The number of nitrogens with zero attached hydrogens (tertiary/aromatic N) is 4. The van der Waals surface area contributed by atoms with Gasteiger partial charge in [-0.3, -0.25) is 0 Å². The van der Waals surface area contributed by atoms with E-state index >= 15 is 0 Å². The molecule has 0 amide bonds. The minimum absolute atomic E-state index is 0.219. The van der Waals surface area contributed by atoms with Crippen molar-refractivity contribution in [2.24, 2.45) is 0 Å². The number of fused-ring (bicyclic) bond motifs is 2. The Morgan fingerprint density at radius 3 is 1.42 bits per heavy atom. The summed E-state index contributed by atoms with van der Waals surface area (Å²) in [5, 5.41) is 37.2. The van der Waals surface area contributed by atoms with Crippen LogP contribution < -0.4 is 0 Å². The fourth-order valence-corrected chi connectivity index (χ4v) is 1.95. The summed E-state index contributed by atoms with van der Waals surface area (Å²) in [7, 11) is 0. The number of hydrogen-bond acceptors (Lipinski definition) is 6. The summed E-state index contributed by atoms with van der Waals surface area (Å²) in [5.41, 5.74) is 2.90. The van der Waals surface area contributed by atoms with Gasteiger partial charge in [-0.05, 0) is 36.4 Å². The average molecular weight is 326 g/mol. The number of benzene rings is 2. The van der Waals surface area contributed by atoms with Gasteiger partial charge < -0.3 is 10.2 Å². The van der Waals surface area contributed by atoms with Crippen molar-refractivity contribution in [2.75, 3.05) is 0 Å². The van der Waals surface area contributed by atoms with Crippen LogP contribution in [0.3, 0.4) is 0 Å². The Balaban J connectivity index is 0.000000141. The number of aromatic carboxylic acids is 2. The molecular weight excluding hydrogens is 316 g/mol. The number of aromatic amines is 2. The molecule has 2 aromatic heterocycles. The Labute approximate surface area is 133 Å². The zero-order chi connectivity index (χ0) is 17.1. The number of aromatic nitrogens is 6. The number of H-pyrrole nitrogens is 2. The lowest BCUT2D eigenvalue weighted by Crippen LogP contribution is -1.94. The second kappa shape index (κ2) is 6.12. The molecule has 0 radical (unpaired) electrons. The molecule has 0 atom stereocenters. The largest absolute Gasteiger partial charge is 0.478 e. The minimum Gasteiger partial charge on any atom is -0.478 e. The molecule has 0 unspecified atom stereocenters. The van der Waals surface area contributed by atoms with E-state index in [9.17, 15) is 9.59 Å². The van der Waals surface area contributed by atoms with Crippen LogP contribution in [0.2, 0.25) is 0 Å². The smallest absolute Gasteiger partial charge is 0.335 e. The molecule has 0 aliphatic heterocycles. The maximum atomic E-state index is 10.5. The average Bonchev–Trinajstić information content (AvgIpc) is 3.22. The molecule has 4 rings (SSSR count). The van der Waals surface area contributed by atoms with Gasteiger partial charge in [-0.2, -0.15) is 30.8 Å². The molecule has 2 heterocycles. The van der Waals surface area contributed by atoms with Crippen LogP contribution in [0, 0.1) is 0 Å². The van der Waals surface area contributed by atoms with Crippen LogP contribution in [-0.4, -0.2) is 53.0 Å². The highest BCUT2D eigenvalue weighted by atomic mass is 16.4. The molecule has 0 spiro atoms. The lowest BCUT2D eigenvalue weighted by molar-refractivity contribution is 0.0686. The summed E-state index contributed by atoms with van der Waals surface area (Å²) in [4.78, 5) is 21.0. The fourth-order valence-electron chi connectivity index (χ4n) is 1.95. The summed E-state index contributed by atoms with van der Waals surface area (Å²) in [6.45, 7) is 0. The summed E-state index contributed by atoms with van der Waals surface area (Å²) in [6, 6.07) is 9.16. The van der Waals surface area contributed by atoms with Gasteiger partial charge in [-0.1, -0.05) is 0 Å². The molecule has 0 aliphatic carbocycles. The molecule has 0 saturated carbocycles. The highest BCUT2D eigenvalue weighted by Crippen LogP contribution is 2.10. The number of rotatable bonds is 2. The minimum atomic E-state index is -0.958. The molecular formula is C14H10N6O4. The van der Waals surface area contributed by atoms with Crippen molar-refractivity contribution in [2.45, 2.75) is 0 Å². The van der Waals surface area contributed by atoms with Crippen LogP contribution in [0.4, 0.5) is 0 Å². The van der Waals surface area contributed by atoms with Crippen molar-refractivity contribution in [1.29, 1.82) is 0 Å². The number of carboxylic acids is 2. The first-order valence-electron chi connectivity index (χ1n) is 6.62. The molecule has 0 aliphatic rings. The molecule has 10 heteroatoms. The molecule has 4 aromatic rings. The monoisotopic (exact) mass is 326 g/mol. The molecule has 24 heavy (non-hydrogen) atoms. The van der Waals surface area contributed by atoms with Gasteiger partial charge in [0.15, 0.2) is 0 Å². The number of nitrogens with one attached hydrogen (secondary N) is 2. The van der Waals surface area contributed by atoms with Gasteiger partial charge in [-0.15, -0.1) is 0 Å². The van der Waals surface area contributed by atoms with Crippen LogP contribution in [0.25, 0.3) is 22.1 Å². The van der Waals surface area contributed by atoms with E-state index in [-0.39, 0.29) is 11.1 Å². The van der Waals surface area contributed by atoms with Crippen molar-refractivity contribution in [1.82, 2.24) is 30.8 Å². The second-order valence-corrected chi connectivity index (χ2v) is 4.66. The third-order valence-corrected chi connectivity index (χ3v) is 3.13. The lowest BCUT2D eigenvalue weighted by Gasteiger charge is -1.90. The summed E-state index contributed by atoms with van der Waals surface area (Å²) in [5.74, 6) is -1.92. The number of hydrogen-bond donors (Lipinski definition) is 4. The second-order valence-electron chi connectivity index (χ2n) is 4.66. The van der Waals surface area contributed by atoms with Crippen LogP contribution in [0.15, 0.2) is 36.4 Å². The maximum absolute atomic E-state index is 10.5. The van der Waals surface area contributed by atoms with Gasteiger partial charge in [0.1, 0.15) is 22.1 Å². The van der Waals surface area contributed by atoms with E-state index in [0.717, 1.165) is 0 Å². The zero-order valence-electron chi connectivity index (χ0n) is 12.0. The van der Waals surface area contributed by atoms with E-state index < -0.39 is 11.9 Å². The van der Waals surface area contributed by atoms with Gasteiger partial charge in [0.25, 0.3) is 0 Å². The van der Waals surface area contributed by atoms with Crippen LogP contribution >= 0.6 is 0 Å². The molecule has 2 aromatic carbocycles. The molecule has 0 bridgehead atoms. The van der Waals surface area contributed by atoms with Crippen molar-refractivity contribution in [3.05, 3.63) is 47.5 Å². The first-order chi connectivity index (χ1) is 11.5. The van der Waals surface area contributed by atoms with Gasteiger partial charge >= 0.3 is 11.9 Å².